The molecule has 0 radical (unpaired) electrons. The zero-order chi connectivity index (χ0) is 20.2. The molecule has 0 aliphatic carbocycles. The highest BCUT2D eigenvalue weighted by molar-refractivity contribution is 5.86. The number of hydrogen-bond donors (Lipinski definition) is 4. The zero-order valence-corrected chi connectivity index (χ0v) is 22.9. The molecule has 0 unspecified atom stereocenters. The van der Waals surface area contributed by atoms with E-state index in [0.717, 1.165) is 52.4 Å². The molecular formula is C25H44Cl4N4. The number of rotatable bonds is 18. The highest BCUT2D eigenvalue weighted by atomic mass is 35.5. The molecule has 0 saturated heterocycles. The maximum Gasteiger partial charge on any atom is 0.0205 e. The average Bonchev–Trinajstić information content (AvgIpc) is 2.77. The SMILES string of the molecule is Cl.Cl.Cl.Cl.c1ccc(CNCCCNCCCCCNCCCNCc2ccccc2)cc1. The molecule has 192 valence electrons. The van der Waals surface area contributed by atoms with Crippen LogP contribution in [0.2, 0.25) is 0 Å². The van der Waals surface area contributed by atoms with Gasteiger partial charge >= 0.3 is 0 Å². The van der Waals surface area contributed by atoms with Gasteiger partial charge in [-0.25, -0.2) is 0 Å². The smallest absolute Gasteiger partial charge is 0.0205 e. The molecule has 33 heavy (non-hydrogen) atoms. The van der Waals surface area contributed by atoms with Crippen LogP contribution in [0, 0.1) is 0 Å². The van der Waals surface area contributed by atoms with Crippen LogP contribution in [0.15, 0.2) is 60.7 Å². The quantitative estimate of drug-likeness (QED) is 0.191. The topological polar surface area (TPSA) is 48.1 Å². The molecule has 0 aliphatic rings. The molecule has 0 atom stereocenters. The van der Waals surface area contributed by atoms with Gasteiger partial charge in [-0.1, -0.05) is 67.1 Å². The summed E-state index contributed by atoms with van der Waals surface area (Å²) in [7, 11) is 0. The Kier molecular flexibility index (Phi) is 31.0. The van der Waals surface area contributed by atoms with E-state index in [-0.39, 0.29) is 49.6 Å². The molecule has 0 saturated carbocycles. The maximum atomic E-state index is 3.55. The minimum Gasteiger partial charge on any atom is -0.317 e. The molecule has 0 bridgehead atoms. The molecule has 0 aromatic heterocycles. The largest absolute Gasteiger partial charge is 0.317 e. The zero-order valence-electron chi connectivity index (χ0n) is 19.6. The molecule has 0 heterocycles. The van der Waals surface area contributed by atoms with Gasteiger partial charge in [0, 0.05) is 13.1 Å². The lowest BCUT2D eigenvalue weighted by Crippen LogP contribution is -2.23. The Morgan fingerprint density at radius 2 is 0.697 bits per heavy atom. The minimum atomic E-state index is 0. The van der Waals surface area contributed by atoms with Gasteiger partial charge in [0.2, 0.25) is 0 Å². The van der Waals surface area contributed by atoms with E-state index in [9.17, 15) is 0 Å². The van der Waals surface area contributed by atoms with Crippen LogP contribution >= 0.6 is 49.6 Å². The minimum absolute atomic E-state index is 0. The van der Waals surface area contributed by atoms with Crippen LogP contribution in [0.1, 0.15) is 43.2 Å². The summed E-state index contributed by atoms with van der Waals surface area (Å²) in [5.41, 5.74) is 2.72. The predicted molar refractivity (Wildman–Crippen MR) is 154 cm³/mol. The number of halogens is 4. The Balaban J connectivity index is -0.00000225. The Labute approximate surface area is 226 Å². The molecule has 0 amide bonds. The average molecular weight is 542 g/mol. The van der Waals surface area contributed by atoms with Gasteiger partial charge in [-0.3, -0.25) is 0 Å². The van der Waals surface area contributed by atoms with Gasteiger partial charge < -0.3 is 21.3 Å². The van der Waals surface area contributed by atoms with Gasteiger partial charge in [-0.05, 0) is 76.1 Å². The molecule has 0 spiro atoms. The van der Waals surface area contributed by atoms with Crippen molar-refractivity contribution in [2.75, 3.05) is 39.3 Å². The second-order valence-electron chi connectivity index (χ2n) is 7.59. The van der Waals surface area contributed by atoms with Crippen molar-refractivity contribution in [3.05, 3.63) is 71.8 Å². The van der Waals surface area contributed by atoms with E-state index in [2.05, 4.69) is 81.9 Å². The van der Waals surface area contributed by atoms with Crippen molar-refractivity contribution in [2.24, 2.45) is 0 Å². The molecular weight excluding hydrogens is 498 g/mol. The van der Waals surface area contributed by atoms with E-state index in [0.29, 0.717) is 0 Å². The summed E-state index contributed by atoms with van der Waals surface area (Å²) in [5, 5.41) is 14.1. The predicted octanol–water partition coefficient (Wildman–Crippen LogP) is 5.38. The van der Waals surface area contributed by atoms with Crippen LogP contribution in [0.5, 0.6) is 0 Å². The van der Waals surface area contributed by atoms with Crippen LogP contribution in [0.25, 0.3) is 0 Å². The van der Waals surface area contributed by atoms with Crippen molar-refractivity contribution in [1.29, 1.82) is 0 Å². The third-order valence-electron chi connectivity index (χ3n) is 4.97. The first-order chi connectivity index (χ1) is 14.4. The van der Waals surface area contributed by atoms with Gasteiger partial charge in [0.1, 0.15) is 0 Å². The van der Waals surface area contributed by atoms with Crippen molar-refractivity contribution in [3.8, 4) is 0 Å². The van der Waals surface area contributed by atoms with Crippen molar-refractivity contribution in [2.45, 2.75) is 45.2 Å². The standard InChI is InChI=1S/C25H40N4.4ClH/c1-4-12-24(13-5-1)22-28-20-10-18-26-16-8-3-9-17-27-19-11-21-29-23-25-14-6-2-7-15-25;;;;/h1-2,4-7,12-15,26-29H,3,8-11,16-23H2;4*1H. The van der Waals surface area contributed by atoms with Gasteiger partial charge in [-0.2, -0.15) is 0 Å². The Morgan fingerprint density at radius 1 is 0.364 bits per heavy atom. The van der Waals surface area contributed by atoms with Crippen molar-refractivity contribution in [3.63, 3.8) is 0 Å². The summed E-state index contributed by atoms with van der Waals surface area (Å²) < 4.78 is 0. The van der Waals surface area contributed by atoms with E-state index in [1.807, 2.05) is 0 Å². The first kappa shape index (κ1) is 37.0. The van der Waals surface area contributed by atoms with Gasteiger partial charge in [0.15, 0.2) is 0 Å². The van der Waals surface area contributed by atoms with Gasteiger partial charge in [-0.15, -0.1) is 49.6 Å². The fraction of sp³-hybridized carbons (Fsp3) is 0.520. The van der Waals surface area contributed by atoms with Crippen molar-refractivity contribution < 1.29 is 0 Å². The fourth-order valence-electron chi connectivity index (χ4n) is 3.26. The third kappa shape index (κ3) is 21.7. The normalized spacial score (nSPS) is 9.70. The van der Waals surface area contributed by atoms with Crippen molar-refractivity contribution >= 4 is 49.6 Å². The van der Waals surface area contributed by atoms with Crippen LogP contribution in [0.3, 0.4) is 0 Å². The Hall–Kier alpha value is -0.560. The molecule has 4 nitrogen and oxygen atoms in total. The lowest BCUT2D eigenvalue weighted by Gasteiger charge is -2.08. The molecule has 2 aromatic rings. The Morgan fingerprint density at radius 3 is 1.09 bits per heavy atom. The van der Waals surface area contributed by atoms with Crippen LogP contribution < -0.4 is 21.3 Å². The van der Waals surface area contributed by atoms with Gasteiger partial charge in [0.05, 0.1) is 0 Å². The van der Waals surface area contributed by atoms with E-state index >= 15 is 0 Å². The van der Waals surface area contributed by atoms with E-state index in [1.165, 1.54) is 43.2 Å². The molecule has 8 heteroatoms. The number of benzene rings is 2. The first-order valence-electron chi connectivity index (χ1n) is 11.4. The monoisotopic (exact) mass is 540 g/mol. The molecule has 0 aliphatic heterocycles. The molecule has 4 N–H and O–H groups in total. The molecule has 2 aromatic carbocycles. The highest BCUT2D eigenvalue weighted by Gasteiger charge is 1.94. The fourth-order valence-corrected chi connectivity index (χ4v) is 3.26. The summed E-state index contributed by atoms with van der Waals surface area (Å²) >= 11 is 0. The number of nitrogens with one attached hydrogen (secondary N) is 4. The highest BCUT2D eigenvalue weighted by Crippen LogP contribution is 1.98. The van der Waals surface area contributed by atoms with Crippen molar-refractivity contribution in [1.82, 2.24) is 21.3 Å². The van der Waals surface area contributed by atoms with E-state index < -0.39 is 0 Å². The Bertz CT molecular complexity index is 552. The summed E-state index contributed by atoms with van der Waals surface area (Å²) in [4.78, 5) is 0. The third-order valence-corrected chi connectivity index (χ3v) is 4.97. The lowest BCUT2D eigenvalue weighted by molar-refractivity contribution is 0.543. The molecule has 0 fully saturated rings. The van der Waals surface area contributed by atoms with Crippen LogP contribution in [-0.2, 0) is 13.1 Å². The van der Waals surface area contributed by atoms with Gasteiger partial charge in [0.25, 0.3) is 0 Å². The first-order valence-corrected chi connectivity index (χ1v) is 11.4. The van der Waals surface area contributed by atoms with E-state index in [1.54, 1.807) is 0 Å². The van der Waals surface area contributed by atoms with Crippen LogP contribution in [0.4, 0.5) is 0 Å². The number of unbranched alkanes of at least 4 members (excludes halogenated alkanes) is 2. The second kappa shape index (κ2) is 27.7. The van der Waals surface area contributed by atoms with Crippen LogP contribution in [-0.4, -0.2) is 39.3 Å². The number of hydrogen-bond acceptors (Lipinski definition) is 4. The van der Waals surface area contributed by atoms with E-state index in [4.69, 9.17) is 0 Å². The second-order valence-corrected chi connectivity index (χ2v) is 7.59. The summed E-state index contributed by atoms with van der Waals surface area (Å²) in [6, 6.07) is 21.2. The molecule has 2 rings (SSSR count). The summed E-state index contributed by atoms with van der Waals surface area (Å²) in [6.07, 6.45) is 6.23. The summed E-state index contributed by atoms with van der Waals surface area (Å²) in [6.45, 7) is 8.59. The summed E-state index contributed by atoms with van der Waals surface area (Å²) in [5.74, 6) is 0. The maximum absolute atomic E-state index is 3.55. The lowest BCUT2D eigenvalue weighted by atomic mass is 10.2.